The number of nitrogens with one attached hydrogen (secondary N) is 1. The maximum absolute atomic E-state index is 12.4. The van der Waals surface area contributed by atoms with Crippen LogP contribution in [0.15, 0.2) is 6.20 Å². The molecule has 0 aliphatic carbocycles. The summed E-state index contributed by atoms with van der Waals surface area (Å²) >= 11 is 0. The van der Waals surface area contributed by atoms with Crippen LogP contribution < -0.4 is 5.32 Å². The van der Waals surface area contributed by atoms with Crippen LogP contribution in [0.1, 0.15) is 35.3 Å². The second kappa shape index (κ2) is 7.64. The number of amides is 1. The number of carbonyl (C=O) groups is 1. The van der Waals surface area contributed by atoms with Gasteiger partial charge < -0.3 is 10.2 Å². The third-order valence-electron chi connectivity index (χ3n) is 4.17. The number of halogens is 1. The lowest BCUT2D eigenvalue weighted by Crippen LogP contribution is -2.39. The Kier molecular flexibility index (Phi) is 6.49. The van der Waals surface area contributed by atoms with Crippen molar-refractivity contribution in [2.75, 3.05) is 26.7 Å². The zero-order valence-corrected chi connectivity index (χ0v) is 13.4. The van der Waals surface area contributed by atoms with E-state index in [1.54, 1.807) is 10.9 Å². The van der Waals surface area contributed by atoms with Crippen molar-refractivity contribution in [1.29, 1.82) is 0 Å². The third kappa shape index (κ3) is 3.73. The van der Waals surface area contributed by atoms with Gasteiger partial charge in [0.15, 0.2) is 0 Å². The van der Waals surface area contributed by atoms with Crippen molar-refractivity contribution in [3.8, 4) is 0 Å². The fourth-order valence-electron chi connectivity index (χ4n) is 2.65. The highest BCUT2D eigenvalue weighted by Gasteiger charge is 2.25. The molecule has 0 bridgehead atoms. The summed E-state index contributed by atoms with van der Waals surface area (Å²) < 4.78 is 1.76. The van der Waals surface area contributed by atoms with Gasteiger partial charge in [-0.15, -0.1) is 12.4 Å². The molecule has 2 rings (SSSR count). The number of rotatable bonds is 4. The second-order valence-corrected chi connectivity index (χ2v) is 5.40. The quantitative estimate of drug-likeness (QED) is 0.919. The summed E-state index contributed by atoms with van der Waals surface area (Å²) in [5, 5.41) is 7.34. The fraction of sp³-hybridized carbons (Fsp3) is 0.714. The predicted molar refractivity (Wildman–Crippen MR) is 82.4 cm³/mol. The average Bonchev–Trinajstić information content (AvgIpc) is 2.76. The van der Waals surface area contributed by atoms with Crippen molar-refractivity contribution in [1.82, 2.24) is 20.0 Å². The number of hydrogen-bond acceptors (Lipinski definition) is 3. The molecule has 1 amide bonds. The van der Waals surface area contributed by atoms with Gasteiger partial charge in [-0.25, -0.2) is 0 Å². The molecule has 0 radical (unpaired) electrons. The van der Waals surface area contributed by atoms with Crippen LogP contribution in [0.4, 0.5) is 0 Å². The minimum Gasteiger partial charge on any atom is -0.339 e. The van der Waals surface area contributed by atoms with Crippen molar-refractivity contribution in [3.05, 3.63) is 17.5 Å². The van der Waals surface area contributed by atoms with Gasteiger partial charge >= 0.3 is 0 Å². The molecular formula is C14H25ClN4O. The van der Waals surface area contributed by atoms with Crippen LogP contribution in [0.3, 0.4) is 0 Å². The molecule has 1 aliphatic heterocycles. The summed E-state index contributed by atoms with van der Waals surface area (Å²) in [5.41, 5.74) is 1.69. The minimum absolute atomic E-state index is 0. The highest BCUT2D eigenvalue weighted by atomic mass is 35.5. The SMILES string of the molecule is CNCCC1CCN(C(=O)c2cnn(C)c2C)CC1.Cl. The van der Waals surface area contributed by atoms with E-state index in [4.69, 9.17) is 0 Å². The molecule has 1 aromatic rings. The van der Waals surface area contributed by atoms with Crippen molar-refractivity contribution in [2.45, 2.75) is 26.2 Å². The Morgan fingerprint density at radius 1 is 1.45 bits per heavy atom. The molecule has 2 heterocycles. The summed E-state index contributed by atoms with van der Waals surface area (Å²) in [6.07, 6.45) is 5.13. The summed E-state index contributed by atoms with van der Waals surface area (Å²) in [6.45, 7) is 4.77. The summed E-state index contributed by atoms with van der Waals surface area (Å²) in [6, 6.07) is 0. The second-order valence-electron chi connectivity index (χ2n) is 5.40. The number of nitrogens with zero attached hydrogens (tertiary/aromatic N) is 3. The molecule has 20 heavy (non-hydrogen) atoms. The lowest BCUT2D eigenvalue weighted by atomic mass is 9.93. The van der Waals surface area contributed by atoms with E-state index < -0.39 is 0 Å². The molecule has 1 fully saturated rings. The van der Waals surface area contributed by atoms with Crippen molar-refractivity contribution in [2.24, 2.45) is 13.0 Å². The van der Waals surface area contributed by atoms with Crippen molar-refractivity contribution < 1.29 is 4.79 Å². The van der Waals surface area contributed by atoms with E-state index in [0.717, 1.165) is 49.7 Å². The van der Waals surface area contributed by atoms with Crippen LogP contribution >= 0.6 is 12.4 Å². The van der Waals surface area contributed by atoms with Crippen molar-refractivity contribution >= 4 is 18.3 Å². The molecule has 6 heteroatoms. The Morgan fingerprint density at radius 2 is 2.10 bits per heavy atom. The van der Waals surface area contributed by atoms with E-state index in [0.29, 0.717) is 0 Å². The molecular weight excluding hydrogens is 276 g/mol. The Hall–Kier alpha value is -1.07. The van der Waals surface area contributed by atoms with Gasteiger partial charge in [-0.3, -0.25) is 9.48 Å². The first-order chi connectivity index (χ1) is 9.13. The Labute approximate surface area is 127 Å². The van der Waals surface area contributed by atoms with Gasteiger partial charge in [0.05, 0.1) is 11.8 Å². The first kappa shape index (κ1) is 17.0. The molecule has 1 aromatic heterocycles. The van der Waals surface area contributed by atoms with Crippen LogP contribution in [-0.2, 0) is 7.05 Å². The number of aromatic nitrogens is 2. The highest BCUT2D eigenvalue weighted by molar-refractivity contribution is 5.95. The van der Waals surface area contributed by atoms with Crippen LogP contribution in [0, 0.1) is 12.8 Å². The fourth-order valence-corrected chi connectivity index (χ4v) is 2.65. The molecule has 1 saturated heterocycles. The van der Waals surface area contributed by atoms with E-state index in [1.807, 2.05) is 25.9 Å². The predicted octanol–water partition coefficient (Wildman–Crippen LogP) is 1.61. The van der Waals surface area contributed by atoms with Gasteiger partial charge in [0.1, 0.15) is 0 Å². The molecule has 0 spiro atoms. The summed E-state index contributed by atoms with van der Waals surface area (Å²) in [5.74, 6) is 0.893. The van der Waals surface area contributed by atoms with Crippen LogP contribution in [-0.4, -0.2) is 47.3 Å². The smallest absolute Gasteiger partial charge is 0.257 e. The van der Waals surface area contributed by atoms with Gasteiger partial charge in [-0.1, -0.05) is 0 Å². The van der Waals surface area contributed by atoms with Crippen molar-refractivity contribution in [3.63, 3.8) is 0 Å². The largest absolute Gasteiger partial charge is 0.339 e. The van der Waals surface area contributed by atoms with Crippen LogP contribution in [0.25, 0.3) is 0 Å². The number of hydrogen-bond donors (Lipinski definition) is 1. The summed E-state index contributed by atoms with van der Waals surface area (Å²) in [7, 11) is 3.86. The normalized spacial score (nSPS) is 16.1. The maximum Gasteiger partial charge on any atom is 0.257 e. The molecule has 0 aromatic carbocycles. The van der Waals surface area contributed by atoms with Crippen LogP contribution in [0.2, 0.25) is 0 Å². The molecule has 1 aliphatic rings. The zero-order chi connectivity index (χ0) is 13.8. The van der Waals surface area contributed by atoms with Gasteiger partial charge in [0, 0.05) is 25.8 Å². The Bertz CT molecular complexity index is 438. The first-order valence-corrected chi connectivity index (χ1v) is 7.06. The molecule has 5 nitrogen and oxygen atoms in total. The topological polar surface area (TPSA) is 50.2 Å². The van der Waals surface area contributed by atoms with Gasteiger partial charge in [0.2, 0.25) is 0 Å². The van der Waals surface area contributed by atoms with E-state index in [1.165, 1.54) is 6.42 Å². The molecule has 0 unspecified atom stereocenters. The third-order valence-corrected chi connectivity index (χ3v) is 4.17. The standard InChI is InChI=1S/C14H24N4O.ClH/c1-11-13(10-16-17(11)3)14(19)18-8-5-12(6-9-18)4-7-15-2;/h10,12,15H,4-9H2,1-3H3;1H. The molecule has 0 atom stereocenters. The first-order valence-electron chi connectivity index (χ1n) is 7.06. The number of aryl methyl sites for hydroxylation is 1. The average molecular weight is 301 g/mol. The highest BCUT2D eigenvalue weighted by Crippen LogP contribution is 2.22. The van der Waals surface area contributed by atoms with Gasteiger partial charge in [0.25, 0.3) is 5.91 Å². The van der Waals surface area contributed by atoms with E-state index in [-0.39, 0.29) is 18.3 Å². The van der Waals surface area contributed by atoms with Crippen LogP contribution in [0.5, 0.6) is 0 Å². The lowest BCUT2D eigenvalue weighted by molar-refractivity contribution is 0.0686. The van der Waals surface area contributed by atoms with E-state index in [2.05, 4.69) is 10.4 Å². The number of piperidine rings is 1. The maximum atomic E-state index is 12.4. The molecule has 0 saturated carbocycles. The van der Waals surface area contributed by atoms with E-state index >= 15 is 0 Å². The lowest BCUT2D eigenvalue weighted by Gasteiger charge is -2.32. The monoisotopic (exact) mass is 300 g/mol. The Balaban J connectivity index is 0.00000200. The van der Waals surface area contributed by atoms with Gasteiger partial charge in [-0.2, -0.15) is 5.10 Å². The number of carbonyl (C=O) groups excluding carboxylic acids is 1. The molecule has 114 valence electrons. The van der Waals surface area contributed by atoms with Gasteiger partial charge in [-0.05, 0) is 45.7 Å². The minimum atomic E-state index is 0. The van der Waals surface area contributed by atoms with E-state index in [9.17, 15) is 4.79 Å². The zero-order valence-electron chi connectivity index (χ0n) is 12.6. The summed E-state index contributed by atoms with van der Waals surface area (Å²) in [4.78, 5) is 14.4. The molecule has 1 N–H and O–H groups in total. The Morgan fingerprint density at radius 3 is 2.60 bits per heavy atom. The number of likely N-dealkylation sites (tertiary alicyclic amines) is 1.